The van der Waals surface area contributed by atoms with Crippen LogP contribution in [-0.2, 0) is 0 Å². The summed E-state index contributed by atoms with van der Waals surface area (Å²) in [6, 6.07) is -2.10. The normalized spacial score (nSPS) is 30.4. The van der Waals surface area contributed by atoms with Gasteiger partial charge in [0.1, 0.15) is 0 Å². The first-order chi connectivity index (χ1) is 5.52. The minimum atomic E-state index is -1.05. The van der Waals surface area contributed by atoms with Crippen molar-refractivity contribution >= 4 is 0 Å². The van der Waals surface area contributed by atoms with E-state index in [1.807, 2.05) is 0 Å². The van der Waals surface area contributed by atoms with Gasteiger partial charge in [-0.15, -0.1) is 0 Å². The van der Waals surface area contributed by atoms with E-state index < -0.39 is 21.9 Å². The Labute approximate surface area is 68.3 Å². The minimum Gasteiger partial charge on any atom is -0.293 e. The lowest BCUT2D eigenvalue weighted by atomic mass is 10.2. The van der Waals surface area contributed by atoms with Gasteiger partial charge in [-0.2, -0.15) is 0 Å². The van der Waals surface area contributed by atoms with Crippen LogP contribution in [-0.4, -0.2) is 47.0 Å². The summed E-state index contributed by atoms with van der Waals surface area (Å²) in [5.41, 5.74) is 0. The van der Waals surface area contributed by atoms with Gasteiger partial charge in [-0.1, -0.05) is 0 Å². The Hall–Kier alpha value is -1.24. The summed E-state index contributed by atoms with van der Waals surface area (Å²) in [5.74, 6) is 0. The van der Waals surface area contributed by atoms with Gasteiger partial charge in [0.15, 0.2) is 0 Å². The van der Waals surface area contributed by atoms with Gasteiger partial charge < -0.3 is 0 Å². The molecule has 2 unspecified atom stereocenters. The van der Waals surface area contributed by atoms with Crippen LogP contribution in [0.15, 0.2) is 0 Å². The number of nitrogens with zero attached hydrogens (tertiary/aromatic N) is 3. The van der Waals surface area contributed by atoms with Crippen molar-refractivity contribution in [1.82, 2.24) is 4.90 Å². The molecule has 0 radical (unpaired) electrons. The number of nitro groups is 2. The molecular weight excluding hydrogens is 166 g/mol. The molecule has 1 fully saturated rings. The molecule has 0 bridgehead atoms. The fourth-order valence-corrected chi connectivity index (χ4v) is 1.37. The molecule has 0 aliphatic carbocycles. The highest BCUT2D eigenvalue weighted by atomic mass is 16.6. The maximum absolute atomic E-state index is 10.3. The molecular formula is C5H9N3O4. The van der Waals surface area contributed by atoms with E-state index in [2.05, 4.69) is 0 Å². The van der Waals surface area contributed by atoms with Crippen LogP contribution in [0.4, 0.5) is 0 Å². The van der Waals surface area contributed by atoms with E-state index in [-0.39, 0.29) is 13.1 Å². The first kappa shape index (κ1) is 8.85. The summed E-state index contributed by atoms with van der Waals surface area (Å²) in [4.78, 5) is 21.1. The summed E-state index contributed by atoms with van der Waals surface area (Å²) >= 11 is 0. The predicted molar refractivity (Wildman–Crippen MR) is 39.1 cm³/mol. The van der Waals surface area contributed by atoms with Gasteiger partial charge in [-0.3, -0.25) is 25.1 Å². The van der Waals surface area contributed by atoms with Gasteiger partial charge in [-0.05, 0) is 7.05 Å². The molecule has 1 aliphatic rings. The predicted octanol–water partition coefficient (Wildman–Crippen LogP) is -0.778. The Bertz CT molecular complexity index is 197. The van der Waals surface area contributed by atoms with Crippen molar-refractivity contribution in [1.29, 1.82) is 0 Å². The molecule has 0 aromatic carbocycles. The molecule has 2 atom stereocenters. The largest absolute Gasteiger partial charge is 0.293 e. The Kier molecular flexibility index (Phi) is 2.22. The summed E-state index contributed by atoms with van der Waals surface area (Å²) in [7, 11) is 1.64. The fourth-order valence-electron chi connectivity index (χ4n) is 1.37. The van der Waals surface area contributed by atoms with E-state index >= 15 is 0 Å². The van der Waals surface area contributed by atoms with Gasteiger partial charge >= 0.3 is 0 Å². The van der Waals surface area contributed by atoms with Gasteiger partial charge in [0.25, 0.3) is 12.1 Å². The molecule has 68 valence electrons. The van der Waals surface area contributed by atoms with Crippen LogP contribution in [0.2, 0.25) is 0 Å². The summed E-state index contributed by atoms with van der Waals surface area (Å²) in [5, 5.41) is 20.7. The third-order valence-corrected chi connectivity index (χ3v) is 1.98. The number of likely N-dealkylation sites (N-methyl/N-ethyl adjacent to an activating group) is 1. The lowest BCUT2D eigenvalue weighted by Crippen LogP contribution is -2.37. The first-order valence-electron chi connectivity index (χ1n) is 3.48. The van der Waals surface area contributed by atoms with Crippen molar-refractivity contribution in [2.75, 3.05) is 20.1 Å². The fraction of sp³-hybridized carbons (Fsp3) is 1.00. The molecule has 0 aromatic heterocycles. The Morgan fingerprint density at radius 3 is 1.75 bits per heavy atom. The molecule has 7 nitrogen and oxygen atoms in total. The third-order valence-electron chi connectivity index (χ3n) is 1.98. The van der Waals surface area contributed by atoms with E-state index in [0.29, 0.717) is 0 Å². The van der Waals surface area contributed by atoms with Crippen molar-refractivity contribution in [2.24, 2.45) is 0 Å². The van der Waals surface area contributed by atoms with Crippen molar-refractivity contribution in [3.63, 3.8) is 0 Å². The standard InChI is InChI=1S/C5H9N3O4/c1-6-2-4(7(9)10)5(3-6)8(11)12/h4-5H,2-3H2,1H3. The second kappa shape index (κ2) is 3.02. The molecule has 0 aromatic rings. The van der Waals surface area contributed by atoms with Crippen LogP contribution >= 0.6 is 0 Å². The van der Waals surface area contributed by atoms with Crippen LogP contribution in [0.3, 0.4) is 0 Å². The third kappa shape index (κ3) is 1.50. The average Bonchev–Trinajstić information content (AvgIpc) is 2.31. The number of rotatable bonds is 2. The highest BCUT2D eigenvalue weighted by Crippen LogP contribution is 2.13. The zero-order valence-electron chi connectivity index (χ0n) is 6.54. The number of likely N-dealkylation sites (tertiary alicyclic amines) is 1. The van der Waals surface area contributed by atoms with E-state index in [4.69, 9.17) is 0 Å². The van der Waals surface area contributed by atoms with Crippen molar-refractivity contribution in [3.05, 3.63) is 20.2 Å². The molecule has 1 aliphatic heterocycles. The Morgan fingerprint density at radius 2 is 1.50 bits per heavy atom. The van der Waals surface area contributed by atoms with E-state index in [0.717, 1.165) is 0 Å². The van der Waals surface area contributed by atoms with Crippen molar-refractivity contribution < 1.29 is 9.85 Å². The molecule has 0 spiro atoms. The van der Waals surface area contributed by atoms with Gasteiger partial charge in [0.05, 0.1) is 13.1 Å². The molecule has 7 heteroatoms. The molecule has 0 saturated carbocycles. The number of hydrogen-bond donors (Lipinski definition) is 0. The second-order valence-corrected chi connectivity index (χ2v) is 2.93. The van der Waals surface area contributed by atoms with Crippen LogP contribution in [0.1, 0.15) is 0 Å². The molecule has 1 saturated heterocycles. The molecule has 1 rings (SSSR count). The summed E-state index contributed by atoms with van der Waals surface area (Å²) in [6.07, 6.45) is 0. The molecule has 1 heterocycles. The van der Waals surface area contributed by atoms with Crippen LogP contribution in [0.25, 0.3) is 0 Å². The van der Waals surface area contributed by atoms with Crippen molar-refractivity contribution in [2.45, 2.75) is 12.1 Å². The van der Waals surface area contributed by atoms with Crippen LogP contribution < -0.4 is 0 Å². The summed E-state index contributed by atoms with van der Waals surface area (Å²) < 4.78 is 0. The van der Waals surface area contributed by atoms with E-state index in [1.165, 1.54) is 0 Å². The minimum absolute atomic E-state index is 0.165. The van der Waals surface area contributed by atoms with Gasteiger partial charge in [0.2, 0.25) is 0 Å². The lowest BCUT2D eigenvalue weighted by molar-refractivity contribution is -0.606. The quantitative estimate of drug-likeness (QED) is 0.405. The second-order valence-electron chi connectivity index (χ2n) is 2.93. The summed E-state index contributed by atoms with van der Waals surface area (Å²) in [6.45, 7) is 0.331. The monoisotopic (exact) mass is 175 g/mol. The smallest absolute Gasteiger partial charge is 0.292 e. The lowest BCUT2D eigenvalue weighted by Gasteiger charge is -2.02. The van der Waals surface area contributed by atoms with Crippen LogP contribution in [0, 0.1) is 20.2 Å². The first-order valence-corrected chi connectivity index (χ1v) is 3.48. The zero-order chi connectivity index (χ0) is 9.30. The topological polar surface area (TPSA) is 89.5 Å². The van der Waals surface area contributed by atoms with E-state index in [1.54, 1.807) is 11.9 Å². The molecule has 0 amide bonds. The van der Waals surface area contributed by atoms with Crippen molar-refractivity contribution in [3.8, 4) is 0 Å². The zero-order valence-corrected chi connectivity index (χ0v) is 6.54. The Balaban J connectivity index is 2.72. The highest BCUT2D eigenvalue weighted by Gasteiger charge is 2.47. The Morgan fingerprint density at radius 1 is 1.17 bits per heavy atom. The maximum Gasteiger partial charge on any atom is 0.292 e. The average molecular weight is 175 g/mol. The highest BCUT2D eigenvalue weighted by molar-refractivity contribution is 4.82. The molecule has 12 heavy (non-hydrogen) atoms. The molecule has 0 N–H and O–H groups in total. The van der Waals surface area contributed by atoms with Gasteiger partial charge in [0, 0.05) is 9.85 Å². The van der Waals surface area contributed by atoms with E-state index in [9.17, 15) is 20.2 Å². The number of hydrogen-bond acceptors (Lipinski definition) is 5. The van der Waals surface area contributed by atoms with Gasteiger partial charge in [-0.25, -0.2) is 0 Å². The maximum atomic E-state index is 10.3. The van der Waals surface area contributed by atoms with Crippen LogP contribution in [0.5, 0.6) is 0 Å². The SMILES string of the molecule is CN1CC([N+](=O)[O-])C([N+](=O)[O-])C1.